The summed E-state index contributed by atoms with van der Waals surface area (Å²) in [6, 6.07) is 0. The summed E-state index contributed by atoms with van der Waals surface area (Å²) in [6.45, 7) is 2.50. The highest BCUT2D eigenvalue weighted by molar-refractivity contribution is 7.85. The SMILES string of the molecule is C[C@H]1CCC/C=C/[C@@H]2C[C@H](O)C[C@H]2[C@H](O)[C@H](S(=O)CCN(C)C)CC(=O)O1. The molecule has 0 saturated heterocycles. The van der Waals surface area contributed by atoms with Gasteiger partial charge in [-0.15, -0.1) is 0 Å². The minimum Gasteiger partial charge on any atom is -0.463 e. The van der Waals surface area contributed by atoms with E-state index in [9.17, 15) is 19.2 Å². The fourth-order valence-corrected chi connectivity index (χ4v) is 5.73. The first-order valence-electron chi connectivity index (χ1n) is 10.0. The van der Waals surface area contributed by atoms with Gasteiger partial charge in [-0.25, -0.2) is 0 Å². The molecule has 0 aromatic rings. The van der Waals surface area contributed by atoms with Gasteiger partial charge < -0.3 is 19.8 Å². The molecule has 2 N–H and O–H groups in total. The lowest BCUT2D eigenvalue weighted by atomic mass is 9.87. The van der Waals surface area contributed by atoms with Gasteiger partial charge in [-0.05, 0) is 65.0 Å². The third-order valence-electron chi connectivity index (χ3n) is 5.60. The number of hydrogen-bond acceptors (Lipinski definition) is 6. The van der Waals surface area contributed by atoms with Crippen LogP contribution in [0.15, 0.2) is 12.2 Å². The van der Waals surface area contributed by atoms with Crippen LogP contribution in [-0.4, -0.2) is 75.2 Å². The molecule has 2 aliphatic rings. The molecule has 27 heavy (non-hydrogen) atoms. The second-order valence-corrected chi connectivity index (χ2v) is 10.0. The van der Waals surface area contributed by atoms with Crippen molar-refractivity contribution in [2.45, 2.75) is 69.0 Å². The first kappa shape index (κ1) is 22.5. The number of fused-ring (bicyclic) bond motifs is 1. The molecule has 1 fully saturated rings. The number of hydrogen-bond donors (Lipinski definition) is 2. The lowest BCUT2D eigenvalue weighted by Gasteiger charge is -2.29. The fraction of sp³-hybridized carbons (Fsp3) is 0.850. The number of nitrogens with zero attached hydrogens (tertiary/aromatic N) is 1. The van der Waals surface area contributed by atoms with E-state index in [1.54, 1.807) is 0 Å². The molecule has 6 nitrogen and oxygen atoms in total. The zero-order valence-corrected chi connectivity index (χ0v) is 17.6. The van der Waals surface area contributed by atoms with Crippen LogP contribution in [0.4, 0.5) is 0 Å². The Hall–Kier alpha value is -0.760. The van der Waals surface area contributed by atoms with E-state index in [4.69, 9.17) is 4.74 Å². The number of aliphatic hydroxyl groups is 2. The summed E-state index contributed by atoms with van der Waals surface area (Å²) in [5, 5.41) is 20.5. The van der Waals surface area contributed by atoms with E-state index in [1.807, 2.05) is 25.9 Å². The quantitative estimate of drug-likeness (QED) is 0.548. The Balaban J connectivity index is 2.22. The standard InChI is InChI=1S/C20H35NO5S/c1-14-7-5-4-6-8-15-11-16(22)12-17(15)20(24)18(13-19(23)26-14)27(25)10-9-21(2)3/h6,8,14-18,20,22,24H,4-5,7,9-13H2,1-3H3/b8-6+/t14-,15+,16-,17+,18+,20-,27?/m0/s1. The predicted molar refractivity (Wildman–Crippen MR) is 107 cm³/mol. The molecular formula is C20H35NO5S. The Labute approximate surface area is 165 Å². The van der Waals surface area contributed by atoms with E-state index in [2.05, 4.69) is 12.2 Å². The van der Waals surface area contributed by atoms with E-state index < -0.39 is 34.2 Å². The van der Waals surface area contributed by atoms with Crippen LogP contribution in [0, 0.1) is 11.8 Å². The highest BCUT2D eigenvalue weighted by Gasteiger charge is 2.42. The summed E-state index contributed by atoms with van der Waals surface area (Å²) in [7, 11) is 2.46. The minimum atomic E-state index is -1.35. The van der Waals surface area contributed by atoms with Crippen molar-refractivity contribution in [1.29, 1.82) is 0 Å². The van der Waals surface area contributed by atoms with Gasteiger partial charge in [0.2, 0.25) is 0 Å². The van der Waals surface area contributed by atoms with E-state index in [-0.39, 0.29) is 24.4 Å². The maximum absolute atomic E-state index is 12.9. The van der Waals surface area contributed by atoms with Gasteiger partial charge in [0.15, 0.2) is 0 Å². The van der Waals surface area contributed by atoms with Gasteiger partial charge in [0.05, 0.1) is 30.0 Å². The summed E-state index contributed by atoms with van der Waals surface area (Å²) >= 11 is 0. The topological polar surface area (TPSA) is 87.1 Å². The monoisotopic (exact) mass is 401 g/mol. The lowest BCUT2D eigenvalue weighted by Crippen LogP contribution is -2.41. The normalized spacial score (nSPS) is 38.2. The Morgan fingerprint density at radius 2 is 2.04 bits per heavy atom. The molecule has 1 unspecified atom stereocenters. The Kier molecular flexibility index (Phi) is 8.92. The first-order valence-corrected chi connectivity index (χ1v) is 11.4. The van der Waals surface area contributed by atoms with Crippen molar-refractivity contribution in [2.24, 2.45) is 11.8 Å². The second-order valence-electron chi connectivity index (χ2n) is 8.23. The predicted octanol–water partition coefficient (Wildman–Crippen LogP) is 1.48. The maximum atomic E-state index is 12.9. The molecule has 1 aliphatic heterocycles. The zero-order chi connectivity index (χ0) is 20.0. The van der Waals surface area contributed by atoms with Gasteiger partial charge in [0, 0.05) is 23.1 Å². The third kappa shape index (κ3) is 6.97. The molecule has 156 valence electrons. The molecule has 0 amide bonds. The Bertz CT molecular complexity index is 538. The summed E-state index contributed by atoms with van der Waals surface area (Å²) in [5.41, 5.74) is 0. The van der Waals surface area contributed by atoms with Crippen molar-refractivity contribution in [3.05, 3.63) is 12.2 Å². The van der Waals surface area contributed by atoms with Gasteiger partial charge in [-0.2, -0.15) is 0 Å². The number of cyclic esters (lactones) is 1. The van der Waals surface area contributed by atoms with Crippen LogP contribution >= 0.6 is 0 Å². The van der Waals surface area contributed by atoms with Crippen LogP contribution in [0.5, 0.6) is 0 Å². The highest BCUT2D eigenvalue weighted by Crippen LogP contribution is 2.38. The average Bonchev–Trinajstić information content (AvgIpc) is 2.96. The number of esters is 1. The van der Waals surface area contributed by atoms with Gasteiger partial charge in [0.25, 0.3) is 0 Å². The number of carbonyl (C=O) groups excluding carboxylic acids is 1. The van der Waals surface area contributed by atoms with Crippen molar-refractivity contribution >= 4 is 16.8 Å². The van der Waals surface area contributed by atoms with Gasteiger partial charge in [-0.1, -0.05) is 12.2 Å². The summed E-state index contributed by atoms with van der Waals surface area (Å²) in [6.07, 6.45) is 6.28. The fourth-order valence-electron chi connectivity index (χ4n) is 4.05. The molecular weight excluding hydrogens is 366 g/mol. The molecule has 0 aromatic heterocycles. The lowest BCUT2D eigenvalue weighted by molar-refractivity contribution is -0.149. The number of ether oxygens (including phenoxy) is 1. The molecule has 0 radical (unpaired) electrons. The van der Waals surface area contributed by atoms with Gasteiger partial charge in [-0.3, -0.25) is 9.00 Å². The van der Waals surface area contributed by atoms with E-state index in [1.165, 1.54) is 0 Å². The van der Waals surface area contributed by atoms with Crippen LogP contribution in [0.3, 0.4) is 0 Å². The van der Waals surface area contributed by atoms with Crippen LogP contribution < -0.4 is 0 Å². The second kappa shape index (κ2) is 10.7. The van der Waals surface area contributed by atoms with Crippen molar-refractivity contribution in [3.8, 4) is 0 Å². The average molecular weight is 402 g/mol. The molecule has 7 heteroatoms. The van der Waals surface area contributed by atoms with Gasteiger partial charge >= 0.3 is 5.97 Å². The first-order chi connectivity index (χ1) is 12.8. The summed E-state index contributed by atoms with van der Waals surface area (Å²) in [5.74, 6) is -0.131. The number of allylic oxidation sites excluding steroid dienone is 2. The molecule has 1 heterocycles. The van der Waals surface area contributed by atoms with E-state index in [0.29, 0.717) is 25.1 Å². The molecule has 1 saturated carbocycles. The Morgan fingerprint density at radius 1 is 1.30 bits per heavy atom. The molecule has 7 atom stereocenters. The van der Waals surface area contributed by atoms with Crippen molar-refractivity contribution in [2.75, 3.05) is 26.4 Å². The van der Waals surface area contributed by atoms with E-state index >= 15 is 0 Å². The molecule has 1 aliphatic carbocycles. The Morgan fingerprint density at radius 3 is 2.74 bits per heavy atom. The van der Waals surface area contributed by atoms with Crippen molar-refractivity contribution in [3.63, 3.8) is 0 Å². The summed E-state index contributed by atoms with van der Waals surface area (Å²) < 4.78 is 18.4. The number of carbonyl (C=O) groups is 1. The molecule has 0 spiro atoms. The highest BCUT2D eigenvalue weighted by atomic mass is 32.2. The zero-order valence-electron chi connectivity index (χ0n) is 16.8. The smallest absolute Gasteiger partial charge is 0.307 e. The van der Waals surface area contributed by atoms with E-state index in [0.717, 1.165) is 19.3 Å². The van der Waals surface area contributed by atoms with Crippen LogP contribution in [0.25, 0.3) is 0 Å². The van der Waals surface area contributed by atoms with Crippen LogP contribution in [0.2, 0.25) is 0 Å². The molecule has 0 bridgehead atoms. The maximum Gasteiger partial charge on any atom is 0.307 e. The number of rotatable bonds is 4. The van der Waals surface area contributed by atoms with Crippen LogP contribution in [-0.2, 0) is 20.3 Å². The largest absolute Gasteiger partial charge is 0.463 e. The number of aliphatic hydroxyl groups excluding tert-OH is 2. The third-order valence-corrected chi connectivity index (χ3v) is 7.31. The minimum absolute atomic E-state index is 0.0470. The van der Waals surface area contributed by atoms with Crippen LogP contribution in [0.1, 0.15) is 45.4 Å². The molecule has 0 aromatic carbocycles. The molecule has 2 rings (SSSR count). The van der Waals surface area contributed by atoms with Crippen molar-refractivity contribution < 1.29 is 24.0 Å². The van der Waals surface area contributed by atoms with Gasteiger partial charge in [0.1, 0.15) is 0 Å². The summed E-state index contributed by atoms with van der Waals surface area (Å²) in [4.78, 5) is 14.3. The van der Waals surface area contributed by atoms with Crippen molar-refractivity contribution in [1.82, 2.24) is 4.90 Å².